The number of pyridine rings is 1. The van der Waals surface area contributed by atoms with Crippen LogP contribution in [0.2, 0.25) is 0 Å². The van der Waals surface area contributed by atoms with Gasteiger partial charge in [0.05, 0.1) is 0 Å². The Labute approximate surface area is 143 Å². The summed E-state index contributed by atoms with van der Waals surface area (Å²) in [6, 6.07) is 4.00. The lowest BCUT2D eigenvalue weighted by Gasteiger charge is -2.18. The molecule has 2 aromatic heterocycles. The van der Waals surface area contributed by atoms with Crippen molar-refractivity contribution in [1.82, 2.24) is 14.3 Å². The Bertz CT molecular complexity index is 732. The molecule has 1 fully saturated rings. The second-order valence-corrected chi connectivity index (χ2v) is 9.36. The van der Waals surface area contributed by atoms with Crippen molar-refractivity contribution in [2.75, 3.05) is 0 Å². The summed E-state index contributed by atoms with van der Waals surface area (Å²) in [4.78, 5) is 8.97. The van der Waals surface area contributed by atoms with Gasteiger partial charge in [0.25, 0.3) is 0 Å². The minimum absolute atomic E-state index is 0.376. The number of nitrogens with zero attached hydrogens (tertiary/aromatic N) is 4. The van der Waals surface area contributed by atoms with Crippen molar-refractivity contribution in [1.29, 1.82) is 0 Å². The first-order valence-electron chi connectivity index (χ1n) is 7.62. The number of aromatic nitrogens is 3. The molecule has 0 saturated heterocycles. The summed E-state index contributed by atoms with van der Waals surface area (Å²) in [7, 11) is 0. The smallest absolute Gasteiger partial charge is 0.173 e. The van der Waals surface area contributed by atoms with Gasteiger partial charge in [-0.05, 0) is 64.2 Å². The van der Waals surface area contributed by atoms with Gasteiger partial charge in [-0.15, -0.1) is 0 Å². The van der Waals surface area contributed by atoms with Crippen LogP contribution in [0.25, 0.3) is 11.4 Å². The molecule has 122 valence electrons. The molecule has 23 heavy (non-hydrogen) atoms. The lowest BCUT2D eigenvalue weighted by atomic mass is 10.2. The van der Waals surface area contributed by atoms with Crippen molar-refractivity contribution >= 4 is 28.6 Å². The standard InChI is InChI=1S/C16H20N4OS2/c1-10(20-23(21)16(2,3)4)15-18-14(19-22-15)12-7-8-17-13(9-12)11-5-6-11/h7-9,11H,5-6H2,1-4H3/b20-10+/t23-/m0/s1. The summed E-state index contributed by atoms with van der Waals surface area (Å²) < 4.78 is 20.4. The zero-order valence-corrected chi connectivity index (χ0v) is 15.4. The highest BCUT2D eigenvalue weighted by Crippen LogP contribution is 2.39. The third-order valence-electron chi connectivity index (χ3n) is 3.51. The molecule has 0 aliphatic heterocycles. The first kappa shape index (κ1) is 16.5. The molecule has 2 heterocycles. The Morgan fingerprint density at radius 2 is 2.13 bits per heavy atom. The highest BCUT2D eigenvalue weighted by molar-refractivity contribution is 7.91. The van der Waals surface area contributed by atoms with E-state index in [9.17, 15) is 4.55 Å². The van der Waals surface area contributed by atoms with E-state index in [2.05, 4.69) is 24.8 Å². The fourth-order valence-corrected chi connectivity index (χ4v) is 3.27. The van der Waals surface area contributed by atoms with E-state index in [0.717, 1.165) is 11.3 Å². The maximum atomic E-state index is 12.1. The van der Waals surface area contributed by atoms with Crippen molar-refractivity contribution in [2.24, 2.45) is 4.40 Å². The molecule has 0 radical (unpaired) electrons. The van der Waals surface area contributed by atoms with Crippen LogP contribution in [0.1, 0.15) is 57.2 Å². The predicted octanol–water partition coefficient (Wildman–Crippen LogP) is 3.75. The van der Waals surface area contributed by atoms with E-state index in [1.165, 1.54) is 24.4 Å². The topological polar surface area (TPSA) is 74.1 Å². The van der Waals surface area contributed by atoms with Gasteiger partial charge in [0, 0.05) is 23.4 Å². The van der Waals surface area contributed by atoms with Gasteiger partial charge in [0.15, 0.2) is 10.8 Å². The largest absolute Gasteiger partial charge is 0.591 e. The van der Waals surface area contributed by atoms with Crippen LogP contribution in [0.5, 0.6) is 0 Å². The molecule has 0 spiro atoms. The summed E-state index contributed by atoms with van der Waals surface area (Å²) in [6.07, 6.45) is 4.26. The molecule has 2 aromatic rings. The quantitative estimate of drug-likeness (QED) is 0.623. The molecule has 1 aliphatic rings. The first-order chi connectivity index (χ1) is 10.8. The molecule has 0 N–H and O–H groups in total. The van der Waals surface area contributed by atoms with E-state index in [1.807, 2.05) is 40.0 Å². The molecular formula is C16H20N4OS2. The molecular weight excluding hydrogens is 328 g/mol. The van der Waals surface area contributed by atoms with E-state index in [4.69, 9.17) is 0 Å². The molecule has 1 atom stereocenters. The van der Waals surface area contributed by atoms with E-state index in [0.29, 0.717) is 22.5 Å². The second kappa shape index (κ2) is 6.30. The average Bonchev–Trinajstić information content (AvgIpc) is 3.23. The van der Waals surface area contributed by atoms with Crippen LogP contribution in [0.3, 0.4) is 0 Å². The average molecular weight is 348 g/mol. The Kier molecular flexibility index (Phi) is 4.53. The Morgan fingerprint density at radius 3 is 2.78 bits per heavy atom. The van der Waals surface area contributed by atoms with Gasteiger partial charge in [0.1, 0.15) is 21.8 Å². The summed E-state index contributed by atoms with van der Waals surface area (Å²) in [6.45, 7) is 7.54. The lowest BCUT2D eigenvalue weighted by molar-refractivity contribution is 0.561. The van der Waals surface area contributed by atoms with Gasteiger partial charge in [-0.1, -0.05) is 4.40 Å². The van der Waals surface area contributed by atoms with Crippen LogP contribution >= 0.6 is 11.5 Å². The molecule has 1 saturated carbocycles. The van der Waals surface area contributed by atoms with Gasteiger partial charge in [-0.25, -0.2) is 4.98 Å². The van der Waals surface area contributed by atoms with Crippen LogP contribution in [0.15, 0.2) is 22.7 Å². The SMILES string of the molecule is C/C(=N\[S@@+]([O-])C(C)(C)C)c1nc(-c2ccnc(C3CC3)c2)ns1. The van der Waals surface area contributed by atoms with Crippen molar-refractivity contribution in [3.63, 3.8) is 0 Å². The zero-order valence-electron chi connectivity index (χ0n) is 13.7. The summed E-state index contributed by atoms with van der Waals surface area (Å²) >= 11 is 0.000356. The molecule has 5 nitrogen and oxygen atoms in total. The van der Waals surface area contributed by atoms with Gasteiger partial charge in [-0.2, -0.15) is 4.37 Å². The first-order valence-corrected chi connectivity index (χ1v) is 9.50. The minimum Gasteiger partial charge on any atom is -0.591 e. The fourth-order valence-electron chi connectivity index (χ4n) is 1.98. The third-order valence-corrected chi connectivity index (χ3v) is 5.83. The van der Waals surface area contributed by atoms with Gasteiger partial charge in [-0.3, -0.25) is 4.98 Å². The van der Waals surface area contributed by atoms with E-state index >= 15 is 0 Å². The minimum atomic E-state index is -1.29. The van der Waals surface area contributed by atoms with E-state index in [-0.39, 0.29) is 4.75 Å². The summed E-state index contributed by atoms with van der Waals surface area (Å²) in [5, 5.41) is 0.711. The zero-order chi connectivity index (χ0) is 16.6. The van der Waals surface area contributed by atoms with Crippen LogP contribution in [-0.2, 0) is 11.4 Å². The molecule has 0 bridgehead atoms. The highest BCUT2D eigenvalue weighted by Gasteiger charge is 2.28. The number of hydrogen-bond acceptors (Lipinski definition) is 6. The molecule has 3 rings (SSSR count). The molecule has 1 aliphatic carbocycles. The van der Waals surface area contributed by atoms with Crippen molar-refractivity contribution < 1.29 is 4.55 Å². The second-order valence-electron chi connectivity index (χ2n) is 6.71. The van der Waals surface area contributed by atoms with Crippen LogP contribution in [0.4, 0.5) is 0 Å². The maximum Gasteiger partial charge on any atom is 0.173 e. The van der Waals surface area contributed by atoms with Crippen LogP contribution < -0.4 is 0 Å². The Morgan fingerprint density at radius 1 is 1.39 bits per heavy atom. The number of hydrogen-bond donors (Lipinski definition) is 0. The van der Waals surface area contributed by atoms with Crippen molar-refractivity contribution in [2.45, 2.75) is 51.2 Å². The van der Waals surface area contributed by atoms with Gasteiger partial charge in [0.2, 0.25) is 0 Å². The third kappa shape index (κ3) is 3.97. The maximum absolute atomic E-state index is 12.1. The monoisotopic (exact) mass is 348 g/mol. The molecule has 7 heteroatoms. The van der Waals surface area contributed by atoms with Crippen molar-refractivity contribution in [3.8, 4) is 11.4 Å². The van der Waals surface area contributed by atoms with Gasteiger partial charge < -0.3 is 4.55 Å². The molecule has 0 amide bonds. The summed E-state index contributed by atoms with van der Waals surface area (Å²) in [5.74, 6) is 1.29. The highest BCUT2D eigenvalue weighted by atomic mass is 32.2. The van der Waals surface area contributed by atoms with E-state index < -0.39 is 11.4 Å². The van der Waals surface area contributed by atoms with Crippen LogP contribution in [0, 0.1) is 0 Å². The predicted molar refractivity (Wildman–Crippen MR) is 95.2 cm³/mol. The Balaban J connectivity index is 1.83. The van der Waals surface area contributed by atoms with Gasteiger partial charge >= 0.3 is 0 Å². The molecule has 0 aromatic carbocycles. The Hall–Kier alpha value is -1.31. The lowest BCUT2D eigenvalue weighted by Crippen LogP contribution is -2.26. The summed E-state index contributed by atoms with van der Waals surface area (Å²) in [5.41, 5.74) is 2.77. The fraction of sp³-hybridized carbons (Fsp3) is 0.500. The normalized spacial score (nSPS) is 17.3. The molecule has 0 unspecified atom stereocenters. The van der Waals surface area contributed by atoms with E-state index in [1.54, 1.807) is 0 Å². The number of rotatable bonds is 4. The van der Waals surface area contributed by atoms with Crippen LogP contribution in [-0.4, -0.2) is 29.4 Å². The van der Waals surface area contributed by atoms with Crippen molar-refractivity contribution in [3.05, 3.63) is 29.0 Å².